The molecule has 1 heterocycles. The lowest BCUT2D eigenvalue weighted by Crippen LogP contribution is -2.31. The van der Waals surface area contributed by atoms with Crippen molar-refractivity contribution in [3.05, 3.63) is 18.3 Å². The largest absolute Gasteiger partial charge is 0.370 e. The molecule has 0 aromatic carbocycles. The number of carbonyl (C=O) groups excluding carboxylic acids is 1. The minimum Gasteiger partial charge on any atom is -0.370 e. The molecule has 5 heteroatoms. The van der Waals surface area contributed by atoms with Gasteiger partial charge in [-0.25, -0.2) is 4.98 Å². The maximum Gasteiger partial charge on any atom is 0.239 e. The van der Waals surface area contributed by atoms with Gasteiger partial charge in [0.05, 0.1) is 18.4 Å². The summed E-state index contributed by atoms with van der Waals surface area (Å²) in [5.74, 6) is 1.49. The molecule has 1 rings (SSSR count). The van der Waals surface area contributed by atoms with Gasteiger partial charge in [0.2, 0.25) is 5.91 Å². The molecule has 1 aromatic rings. The molecule has 112 valence electrons. The molecular formula is C15H26N4O. The lowest BCUT2D eigenvalue weighted by molar-refractivity contribution is -0.114. The first kappa shape index (κ1) is 16.4. The van der Waals surface area contributed by atoms with E-state index in [0.717, 1.165) is 18.8 Å². The van der Waals surface area contributed by atoms with E-state index in [9.17, 15) is 4.79 Å². The number of nitrogens with two attached hydrogens (primary N) is 1. The van der Waals surface area contributed by atoms with E-state index in [-0.39, 0.29) is 12.5 Å². The summed E-state index contributed by atoms with van der Waals surface area (Å²) in [5.41, 5.74) is 6.34. The summed E-state index contributed by atoms with van der Waals surface area (Å²) in [7, 11) is 0. The Balaban J connectivity index is 2.78. The Morgan fingerprint density at radius 3 is 2.25 bits per heavy atom. The second-order valence-corrected chi connectivity index (χ2v) is 5.85. The van der Waals surface area contributed by atoms with Crippen LogP contribution in [0.15, 0.2) is 18.3 Å². The molecule has 5 nitrogen and oxygen atoms in total. The van der Waals surface area contributed by atoms with Crippen LogP contribution in [0.25, 0.3) is 0 Å². The molecule has 0 radical (unpaired) electrons. The van der Waals surface area contributed by atoms with Gasteiger partial charge in [-0.05, 0) is 24.0 Å². The number of anilines is 2. The Morgan fingerprint density at radius 1 is 1.25 bits per heavy atom. The topological polar surface area (TPSA) is 71.2 Å². The molecule has 1 amide bonds. The molecule has 20 heavy (non-hydrogen) atoms. The molecule has 0 fully saturated rings. The van der Waals surface area contributed by atoms with Crippen LogP contribution in [0.5, 0.6) is 0 Å². The Morgan fingerprint density at radius 2 is 1.85 bits per heavy atom. The van der Waals surface area contributed by atoms with Crippen molar-refractivity contribution in [2.45, 2.75) is 27.7 Å². The second kappa shape index (κ2) is 7.85. The van der Waals surface area contributed by atoms with E-state index >= 15 is 0 Å². The summed E-state index contributed by atoms with van der Waals surface area (Å²) in [6.07, 6.45) is 1.80. The average molecular weight is 278 g/mol. The lowest BCUT2D eigenvalue weighted by Gasteiger charge is -2.28. The van der Waals surface area contributed by atoms with Gasteiger partial charge < -0.3 is 16.0 Å². The van der Waals surface area contributed by atoms with E-state index in [1.807, 2.05) is 12.1 Å². The van der Waals surface area contributed by atoms with Gasteiger partial charge >= 0.3 is 0 Å². The molecule has 0 aliphatic rings. The first-order chi connectivity index (χ1) is 9.42. The molecule has 0 aliphatic heterocycles. The van der Waals surface area contributed by atoms with E-state index in [0.29, 0.717) is 17.7 Å². The van der Waals surface area contributed by atoms with Gasteiger partial charge in [0.25, 0.3) is 0 Å². The zero-order valence-corrected chi connectivity index (χ0v) is 12.9. The Bertz CT molecular complexity index is 404. The molecule has 0 atom stereocenters. The van der Waals surface area contributed by atoms with Crippen LogP contribution in [0.4, 0.5) is 11.5 Å². The Labute approximate surface area is 121 Å². The summed E-state index contributed by atoms with van der Waals surface area (Å²) in [6, 6.07) is 3.81. The SMILES string of the molecule is CC(C)CN(CC(C)C)c1ccc(NC(=O)CN)nc1. The third-order valence-corrected chi connectivity index (χ3v) is 2.74. The fraction of sp³-hybridized carbons (Fsp3) is 0.600. The summed E-state index contributed by atoms with van der Waals surface area (Å²) < 4.78 is 0. The van der Waals surface area contributed by atoms with Gasteiger partial charge in [0, 0.05) is 13.1 Å². The molecule has 3 N–H and O–H groups in total. The number of rotatable bonds is 7. The second-order valence-electron chi connectivity index (χ2n) is 5.85. The number of hydrogen-bond donors (Lipinski definition) is 2. The molecule has 0 unspecified atom stereocenters. The number of aromatic nitrogens is 1. The zero-order valence-electron chi connectivity index (χ0n) is 12.9. The van der Waals surface area contributed by atoms with E-state index in [1.54, 1.807) is 6.20 Å². The van der Waals surface area contributed by atoms with Crippen molar-refractivity contribution in [3.63, 3.8) is 0 Å². The smallest absolute Gasteiger partial charge is 0.239 e. The lowest BCUT2D eigenvalue weighted by atomic mass is 10.1. The van der Waals surface area contributed by atoms with Crippen LogP contribution in [-0.2, 0) is 4.79 Å². The van der Waals surface area contributed by atoms with Crippen molar-refractivity contribution in [2.75, 3.05) is 29.9 Å². The Hall–Kier alpha value is -1.62. The average Bonchev–Trinajstić information content (AvgIpc) is 2.37. The van der Waals surface area contributed by atoms with Gasteiger partial charge in [0.1, 0.15) is 5.82 Å². The summed E-state index contributed by atoms with van der Waals surface area (Å²) in [5, 5.41) is 2.65. The summed E-state index contributed by atoms with van der Waals surface area (Å²) in [4.78, 5) is 17.8. The normalized spacial score (nSPS) is 10.9. The predicted octanol–water partition coefficient (Wildman–Crippen LogP) is 2.10. The van der Waals surface area contributed by atoms with Crippen LogP contribution in [-0.4, -0.2) is 30.5 Å². The van der Waals surface area contributed by atoms with Crippen LogP contribution >= 0.6 is 0 Å². The third kappa shape index (κ3) is 5.57. The van der Waals surface area contributed by atoms with Crippen LogP contribution < -0.4 is 16.0 Å². The highest BCUT2D eigenvalue weighted by molar-refractivity contribution is 5.91. The van der Waals surface area contributed by atoms with Crippen molar-refractivity contribution in [2.24, 2.45) is 17.6 Å². The molecule has 1 aromatic heterocycles. The molecular weight excluding hydrogens is 252 g/mol. The van der Waals surface area contributed by atoms with E-state index in [4.69, 9.17) is 5.73 Å². The van der Waals surface area contributed by atoms with Crippen molar-refractivity contribution >= 4 is 17.4 Å². The number of nitrogens with one attached hydrogen (secondary N) is 1. The third-order valence-electron chi connectivity index (χ3n) is 2.74. The van der Waals surface area contributed by atoms with E-state index in [2.05, 4.69) is 42.9 Å². The fourth-order valence-corrected chi connectivity index (χ4v) is 2.01. The fourth-order valence-electron chi connectivity index (χ4n) is 2.01. The highest BCUT2D eigenvalue weighted by Gasteiger charge is 2.11. The van der Waals surface area contributed by atoms with Crippen molar-refractivity contribution in [1.82, 2.24) is 4.98 Å². The maximum atomic E-state index is 11.2. The number of pyridine rings is 1. The van der Waals surface area contributed by atoms with Crippen molar-refractivity contribution in [1.29, 1.82) is 0 Å². The first-order valence-electron chi connectivity index (χ1n) is 7.13. The van der Waals surface area contributed by atoms with E-state index in [1.165, 1.54) is 0 Å². The number of carbonyl (C=O) groups is 1. The molecule has 0 bridgehead atoms. The Kier molecular flexibility index (Phi) is 6.45. The number of hydrogen-bond acceptors (Lipinski definition) is 4. The molecule has 0 saturated heterocycles. The van der Waals surface area contributed by atoms with Gasteiger partial charge in [-0.15, -0.1) is 0 Å². The van der Waals surface area contributed by atoms with Crippen LogP contribution in [0, 0.1) is 11.8 Å². The van der Waals surface area contributed by atoms with Gasteiger partial charge in [0.15, 0.2) is 0 Å². The van der Waals surface area contributed by atoms with Crippen LogP contribution in [0.3, 0.4) is 0 Å². The molecule has 0 saturated carbocycles. The quantitative estimate of drug-likeness (QED) is 0.801. The minimum atomic E-state index is -0.230. The number of nitrogens with zero attached hydrogens (tertiary/aromatic N) is 2. The zero-order chi connectivity index (χ0) is 15.1. The minimum absolute atomic E-state index is 0.0315. The predicted molar refractivity (Wildman–Crippen MR) is 83.8 cm³/mol. The van der Waals surface area contributed by atoms with Gasteiger partial charge in [-0.2, -0.15) is 0 Å². The summed E-state index contributed by atoms with van der Waals surface area (Å²) in [6.45, 7) is 10.8. The molecule has 0 spiro atoms. The first-order valence-corrected chi connectivity index (χ1v) is 7.13. The highest BCUT2D eigenvalue weighted by atomic mass is 16.1. The van der Waals surface area contributed by atoms with Gasteiger partial charge in [-0.1, -0.05) is 27.7 Å². The highest BCUT2D eigenvalue weighted by Crippen LogP contribution is 2.18. The summed E-state index contributed by atoms with van der Waals surface area (Å²) >= 11 is 0. The van der Waals surface area contributed by atoms with Crippen LogP contribution in [0.2, 0.25) is 0 Å². The molecule has 0 aliphatic carbocycles. The van der Waals surface area contributed by atoms with Gasteiger partial charge in [-0.3, -0.25) is 4.79 Å². The number of amides is 1. The van der Waals surface area contributed by atoms with Crippen molar-refractivity contribution < 1.29 is 4.79 Å². The monoisotopic (exact) mass is 278 g/mol. The van der Waals surface area contributed by atoms with Crippen molar-refractivity contribution in [3.8, 4) is 0 Å². The standard InChI is InChI=1S/C15H26N4O/c1-11(2)9-19(10-12(3)4)13-5-6-14(17-8-13)18-15(20)7-16/h5-6,8,11-12H,7,9-10,16H2,1-4H3,(H,17,18,20). The van der Waals surface area contributed by atoms with Crippen LogP contribution in [0.1, 0.15) is 27.7 Å². The maximum absolute atomic E-state index is 11.2. The van der Waals surface area contributed by atoms with E-state index < -0.39 is 0 Å².